The van der Waals surface area contributed by atoms with E-state index in [0.717, 1.165) is 31.7 Å². The molecule has 1 fully saturated rings. The van der Waals surface area contributed by atoms with Crippen LogP contribution < -0.4 is 4.90 Å². The molecule has 1 saturated heterocycles. The van der Waals surface area contributed by atoms with Gasteiger partial charge in [0.15, 0.2) is 13.6 Å². The van der Waals surface area contributed by atoms with Crippen LogP contribution in [0.2, 0.25) is 0 Å². The van der Waals surface area contributed by atoms with Crippen LogP contribution in [0, 0.1) is 11.3 Å². The van der Waals surface area contributed by atoms with Gasteiger partial charge in [-0.3, -0.25) is 0 Å². The van der Waals surface area contributed by atoms with Gasteiger partial charge in [-0.05, 0) is 19.9 Å². The quantitative estimate of drug-likeness (QED) is 0.814. The highest BCUT2D eigenvalue weighted by Gasteiger charge is 2.21. The lowest BCUT2D eigenvalue weighted by atomic mass is 10.0. The van der Waals surface area contributed by atoms with Gasteiger partial charge in [-0.15, -0.1) is 0 Å². The number of aromatic amines is 1. The highest BCUT2D eigenvalue weighted by Crippen LogP contribution is 2.22. The van der Waals surface area contributed by atoms with Gasteiger partial charge in [0.2, 0.25) is 0 Å². The molecule has 2 aromatic heterocycles. The van der Waals surface area contributed by atoms with Crippen LogP contribution in [0.3, 0.4) is 0 Å². The zero-order valence-corrected chi connectivity index (χ0v) is 11.4. The average molecular weight is 266 g/mol. The molecule has 2 radical (unpaired) electrons. The van der Waals surface area contributed by atoms with Gasteiger partial charge >= 0.3 is 0 Å². The minimum atomic E-state index is 0.421. The minimum Gasteiger partial charge on any atom is -0.355 e. The number of H-pyrrole nitrogens is 1. The highest BCUT2D eigenvalue weighted by molar-refractivity contribution is 6.04. The van der Waals surface area contributed by atoms with Crippen LogP contribution in [0.15, 0.2) is 12.4 Å². The van der Waals surface area contributed by atoms with Crippen LogP contribution in [0.4, 0.5) is 5.82 Å². The van der Waals surface area contributed by atoms with Crippen molar-refractivity contribution in [2.24, 2.45) is 0 Å². The summed E-state index contributed by atoms with van der Waals surface area (Å²) in [5.41, 5.74) is 1.83. The van der Waals surface area contributed by atoms with E-state index in [2.05, 4.69) is 25.9 Å². The van der Waals surface area contributed by atoms with Gasteiger partial charge in [-0.2, -0.15) is 5.26 Å². The van der Waals surface area contributed by atoms with E-state index < -0.39 is 0 Å². The van der Waals surface area contributed by atoms with Crippen molar-refractivity contribution >= 4 is 25.0 Å². The Bertz CT molecular complexity index is 650. The number of fused-ring (bicyclic) bond motifs is 1. The number of nitrogens with zero attached hydrogens (tertiary/aromatic N) is 5. The second-order valence-corrected chi connectivity index (χ2v) is 5.12. The first-order valence-electron chi connectivity index (χ1n) is 6.65. The Hall–Kier alpha value is -2.07. The molecule has 100 valence electrons. The Morgan fingerprint density at radius 2 is 2.25 bits per heavy atom. The number of hydrogen-bond donors (Lipinski definition) is 1. The van der Waals surface area contributed by atoms with E-state index in [9.17, 15) is 0 Å². The lowest BCUT2D eigenvalue weighted by Gasteiger charge is -2.36. The molecular weight excluding hydrogens is 251 g/mol. The third-order valence-electron chi connectivity index (χ3n) is 3.85. The van der Waals surface area contributed by atoms with Crippen LogP contribution >= 0.6 is 0 Å². The molecule has 0 aromatic carbocycles. The van der Waals surface area contributed by atoms with Crippen molar-refractivity contribution in [3.63, 3.8) is 0 Å². The number of rotatable bonds is 2. The fourth-order valence-corrected chi connectivity index (χ4v) is 2.62. The fraction of sp³-hybridized carbons (Fsp3) is 0.462. The molecule has 20 heavy (non-hydrogen) atoms. The van der Waals surface area contributed by atoms with E-state index >= 15 is 0 Å². The zero-order valence-electron chi connectivity index (χ0n) is 11.4. The molecule has 0 atom stereocenters. The lowest BCUT2D eigenvalue weighted by molar-refractivity contribution is 0.325. The number of aromatic nitrogens is 3. The van der Waals surface area contributed by atoms with Crippen molar-refractivity contribution in [2.75, 3.05) is 25.0 Å². The molecule has 2 aromatic rings. The van der Waals surface area contributed by atoms with E-state index in [0.29, 0.717) is 22.8 Å². The van der Waals surface area contributed by atoms with Crippen molar-refractivity contribution < 1.29 is 0 Å². The van der Waals surface area contributed by atoms with Crippen molar-refractivity contribution in [1.29, 1.82) is 5.26 Å². The molecule has 6 nitrogen and oxygen atoms in total. The minimum absolute atomic E-state index is 0.421. The van der Waals surface area contributed by atoms with E-state index in [1.165, 1.54) is 0 Å². The summed E-state index contributed by atoms with van der Waals surface area (Å²) in [4.78, 5) is 15.8. The van der Waals surface area contributed by atoms with Gasteiger partial charge in [0.05, 0.1) is 11.8 Å². The zero-order chi connectivity index (χ0) is 14.1. The third-order valence-corrected chi connectivity index (χ3v) is 3.85. The first kappa shape index (κ1) is 12.9. The molecule has 0 spiro atoms. The maximum atomic E-state index is 9.05. The maximum Gasteiger partial charge on any atom is 0.182 e. The van der Waals surface area contributed by atoms with Gasteiger partial charge in [0, 0.05) is 25.3 Å². The molecule has 0 bridgehead atoms. The van der Waals surface area contributed by atoms with Crippen molar-refractivity contribution in [1.82, 2.24) is 19.8 Å². The summed E-state index contributed by atoms with van der Waals surface area (Å²) in [5, 5.41) is 9.05. The smallest absolute Gasteiger partial charge is 0.182 e. The molecule has 1 aliphatic heterocycles. The van der Waals surface area contributed by atoms with Crippen molar-refractivity contribution in [3.05, 3.63) is 18.0 Å². The highest BCUT2D eigenvalue weighted by atomic mass is 15.2. The van der Waals surface area contributed by atoms with E-state index in [1.54, 1.807) is 17.2 Å². The first-order valence-corrected chi connectivity index (χ1v) is 6.65. The second-order valence-electron chi connectivity index (χ2n) is 5.12. The van der Waals surface area contributed by atoms with Crippen LogP contribution in [-0.2, 0) is 0 Å². The Labute approximate surface area is 118 Å². The predicted octanol–water partition coefficient (Wildman–Crippen LogP) is 0.814. The number of nitriles is 1. The first-order chi connectivity index (χ1) is 9.69. The SMILES string of the molecule is [B]N(C)C1CCN(c2cnc3[nH]cc(C#N)c3n2)CC1. The summed E-state index contributed by atoms with van der Waals surface area (Å²) < 4.78 is 0. The van der Waals surface area contributed by atoms with Crippen molar-refractivity contribution in [2.45, 2.75) is 18.9 Å². The summed E-state index contributed by atoms with van der Waals surface area (Å²) >= 11 is 0. The fourth-order valence-electron chi connectivity index (χ4n) is 2.62. The Morgan fingerprint density at radius 3 is 2.90 bits per heavy atom. The van der Waals surface area contributed by atoms with Gasteiger partial charge < -0.3 is 14.7 Å². The second kappa shape index (κ2) is 5.14. The Morgan fingerprint density at radius 1 is 1.50 bits per heavy atom. The summed E-state index contributed by atoms with van der Waals surface area (Å²) in [5.74, 6) is 0.826. The van der Waals surface area contributed by atoms with Crippen LogP contribution in [-0.4, -0.2) is 53.9 Å². The summed E-state index contributed by atoms with van der Waals surface area (Å²) in [7, 11) is 7.70. The molecule has 0 unspecified atom stereocenters. The van der Waals surface area contributed by atoms with Gasteiger partial charge in [-0.1, -0.05) is 0 Å². The van der Waals surface area contributed by atoms with Gasteiger partial charge in [0.1, 0.15) is 17.4 Å². The monoisotopic (exact) mass is 266 g/mol. The van der Waals surface area contributed by atoms with Crippen molar-refractivity contribution in [3.8, 4) is 6.07 Å². The molecule has 1 N–H and O–H groups in total. The number of piperidine rings is 1. The van der Waals surface area contributed by atoms with E-state index in [1.807, 2.05) is 7.05 Å². The molecule has 0 saturated carbocycles. The molecule has 1 aliphatic rings. The van der Waals surface area contributed by atoms with Crippen LogP contribution in [0.1, 0.15) is 18.4 Å². The largest absolute Gasteiger partial charge is 0.355 e. The predicted molar refractivity (Wildman–Crippen MR) is 77.4 cm³/mol. The van der Waals surface area contributed by atoms with Crippen LogP contribution in [0.25, 0.3) is 11.2 Å². The number of nitrogens with one attached hydrogen (secondary N) is 1. The Balaban J connectivity index is 1.83. The lowest BCUT2D eigenvalue weighted by Crippen LogP contribution is -2.42. The summed E-state index contributed by atoms with van der Waals surface area (Å²) in [6.45, 7) is 1.80. The molecular formula is C13H15BN6. The van der Waals surface area contributed by atoms with Gasteiger partial charge in [0.25, 0.3) is 0 Å². The number of hydrogen-bond acceptors (Lipinski definition) is 5. The molecule has 0 amide bonds. The topological polar surface area (TPSA) is 71.8 Å². The molecule has 0 aliphatic carbocycles. The van der Waals surface area contributed by atoms with E-state index in [-0.39, 0.29) is 0 Å². The maximum absolute atomic E-state index is 9.05. The third kappa shape index (κ3) is 2.23. The van der Waals surface area contributed by atoms with Gasteiger partial charge in [-0.25, -0.2) is 9.97 Å². The summed E-state index contributed by atoms with van der Waals surface area (Å²) in [6, 6.07) is 2.55. The average Bonchev–Trinajstić information content (AvgIpc) is 2.89. The van der Waals surface area contributed by atoms with E-state index in [4.69, 9.17) is 13.2 Å². The summed E-state index contributed by atoms with van der Waals surface area (Å²) in [6.07, 6.45) is 5.41. The molecule has 3 heterocycles. The molecule has 3 rings (SSSR count). The van der Waals surface area contributed by atoms with Crippen LogP contribution in [0.5, 0.6) is 0 Å². The standard InChI is InChI=1S/C13H15BN6/c1-19(14)10-2-4-20(5-3-10)11-8-17-13-12(18-11)9(6-15)7-16-13/h7-8,10H,2-5H2,1H3,(H,16,17). The normalized spacial score (nSPS) is 16.8. The Kier molecular flexibility index (Phi) is 3.32. The number of anilines is 1. The molecule has 7 heteroatoms.